The minimum atomic E-state index is -3.93. The van der Waals surface area contributed by atoms with E-state index in [1.54, 1.807) is 13.0 Å². The molecule has 2 aromatic rings. The summed E-state index contributed by atoms with van der Waals surface area (Å²) in [6.07, 6.45) is 9.90. The fourth-order valence-electron chi connectivity index (χ4n) is 9.37. The van der Waals surface area contributed by atoms with Crippen molar-refractivity contribution < 1.29 is 22.3 Å². The number of aryl methyl sites for hydroxylation is 1. The fraction of sp³-hybridized carbons (Fsp3) is 0.634. The molecule has 1 unspecified atom stereocenters. The van der Waals surface area contributed by atoms with Gasteiger partial charge in [0.05, 0.1) is 17.5 Å². The number of piperidine rings is 1. The highest BCUT2D eigenvalue weighted by molar-refractivity contribution is 7.90. The van der Waals surface area contributed by atoms with E-state index in [1.165, 1.54) is 11.1 Å². The first-order chi connectivity index (χ1) is 25.0. The Labute approximate surface area is 315 Å². The van der Waals surface area contributed by atoms with Crippen LogP contribution in [0.2, 0.25) is 5.02 Å². The number of rotatable bonds is 5. The van der Waals surface area contributed by atoms with Gasteiger partial charge in [-0.05, 0) is 111 Å². The Morgan fingerprint density at radius 1 is 1.02 bits per heavy atom. The summed E-state index contributed by atoms with van der Waals surface area (Å²) in [5, 5.41) is -0.0229. The van der Waals surface area contributed by atoms with Crippen molar-refractivity contribution in [1.29, 1.82) is 0 Å². The van der Waals surface area contributed by atoms with Crippen LogP contribution in [-0.4, -0.2) is 94.0 Å². The lowest BCUT2D eigenvalue weighted by Crippen LogP contribution is -2.57. The molecule has 0 radical (unpaired) electrons. The van der Waals surface area contributed by atoms with E-state index in [4.69, 9.17) is 16.3 Å². The number of hydrogen-bond donors (Lipinski definition) is 1. The van der Waals surface area contributed by atoms with Crippen LogP contribution in [0.3, 0.4) is 0 Å². The number of piperazine rings is 1. The summed E-state index contributed by atoms with van der Waals surface area (Å²) >= 11 is 6.48. The third-order valence-electron chi connectivity index (χ3n) is 12.8. The zero-order valence-electron chi connectivity index (χ0n) is 31.0. The number of nitrogens with zero attached hydrogens (tertiary/aromatic N) is 3. The van der Waals surface area contributed by atoms with Gasteiger partial charge in [0.15, 0.2) is 0 Å². The van der Waals surface area contributed by atoms with E-state index in [-0.39, 0.29) is 17.9 Å². The third-order valence-corrected chi connectivity index (χ3v) is 15.0. The first kappa shape index (κ1) is 37.6. The number of benzene rings is 2. The molecule has 8 nitrogen and oxygen atoms in total. The molecule has 4 heterocycles. The van der Waals surface area contributed by atoms with Gasteiger partial charge < -0.3 is 9.64 Å². The molecule has 7 rings (SSSR count). The lowest BCUT2D eigenvalue weighted by Gasteiger charge is -2.48. The number of carbonyl (C=O) groups excluding carboxylic acids is 1. The zero-order chi connectivity index (χ0) is 36.6. The van der Waals surface area contributed by atoms with E-state index in [1.807, 2.05) is 25.1 Å². The van der Waals surface area contributed by atoms with Gasteiger partial charge in [0, 0.05) is 68.4 Å². The Bertz CT molecular complexity index is 1740. The van der Waals surface area contributed by atoms with Crippen LogP contribution in [0.25, 0.3) is 0 Å². The van der Waals surface area contributed by atoms with E-state index in [0.717, 1.165) is 75.7 Å². The average Bonchev–Trinajstić information content (AvgIpc) is 3.28. The number of nitrogens with one attached hydrogen (secondary N) is 1. The number of allylic oxidation sites excluding steroid dienone is 1. The van der Waals surface area contributed by atoms with Crippen molar-refractivity contribution in [2.45, 2.75) is 89.1 Å². The number of amides is 1. The van der Waals surface area contributed by atoms with Crippen LogP contribution in [0.5, 0.6) is 5.75 Å². The molecule has 1 aliphatic carbocycles. The molecule has 1 amide bonds. The van der Waals surface area contributed by atoms with Gasteiger partial charge in [-0.25, -0.2) is 17.5 Å². The summed E-state index contributed by atoms with van der Waals surface area (Å²) in [4.78, 5) is 21.0. The largest absolute Gasteiger partial charge is 0.491 e. The number of halogens is 2. The normalized spacial score (nSPS) is 33.4. The van der Waals surface area contributed by atoms with E-state index in [0.29, 0.717) is 61.5 Å². The van der Waals surface area contributed by atoms with Crippen LogP contribution in [-0.2, 0) is 16.4 Å². The molecule has 2 saturated heterocycles. The number of hydrogen-bond acceptors (Lipinski definition) is 7. The van der Waals surface area contributed by atoms with Crippen LogP contribution in [0.4, 0.5) is 10.1 Å². The summed E-state index contributed by atoms with van der Waals surface area (Å²) in [7, 11) is -3.93. The Balaban J connectivity index is 1.22. The molecular weight excluding hydrogens is 699 g/mol. The van der Waals surface area contributed by atoms with Crippen molar-refractivity contribution in [3.8, 4) is 5.75 Å². The number of alkyl halides is 1. The highest BCUT2D eigenvalue weighted by Crippen LogP contribution is 2.45. The van der Waals surface area contributed by atoms with Crippen molar-refractivity contribution in [1.82, 2.24) is 14.5 Å². The lowest BCUT2D eigenvalue weighted by molar-refractivity contribution is 0.00791. The van der Waals surface area contributed by atoms with Gasteiger partial charge >= 0.3 is 0 Å². The monoisotopic (exact) mass is 754 g/mol. The molecule has 5 aliphatic rings. The molecule has 8 atom stereocenters. The van der Waals surface area contributed by atoms with E-state index >= 15 is 0 Å². The lowest BCUT2D eigenvalue weighted by atomic mass is 9.66. The van der Waals surface area contributed by atoms with Gasteiger partial charge in [-0.2, -0.15) is 0 Å². The highest BCUT2D eigenvalue weighted by atomic mass is 35.5. The van der Waals surface area contributed by atoms with Crippen molar-refractivity contribution >= 4 is 33.2 Å². The average molecular weight is 755 g/mol. The van der Waals surface area contributed by atoms with Crippen LogP contribution in [0.15, 0.2) is 48.6 Å². The number of anilines is 1. The van der Waals surface area contributed by atoms with Crippen molar-refractivity contribution in [2.75, 3.05) is 57.3 Å². The SMILES string of the molecule is CCCc1cc(Cl)ccc1[C@@H]1COc2ccc3cc2N(C1)C[C@@H]1CC[C@H]1C(CN1CCN2CC[C@H](F)C[C@@H]2C1)/C=C/C[C@H](C)[C@@H](C)S(=O)(=O)NC3=O. The van der Waals surface area contributed by atoms with Gasteiger partial charge in [-0.1, -0.05) is 50.1 Å². The minimum Gasteiger partial charge on any atom is -0.491 e. The van der Waals surface area contributed by atoms with Crippen LogP contribution in [0.1, 0.15) is 86.7 Å². The zero-order valence-corrected chi connectivity index (χ0v) is 32.6. The summed E-state index contributed by atoms with van der Waals surface area (Å²) in [6, 6.07) is 11.8. The van der Waals surface area contributed by atoms with Gasteiger partial charge in [-0.3, -0.25) is 14.6 Å². The quantitative estimate of drug-likeness (QED) is 0.327. The molecule has 52 heavy (non-hydrogen) atoms. The topological polar surface area (TPSA) is 82.2 Å². The van der Waals surface area contributed by atoms with Gasteiger partial charge in [0.1, 0.15) is 11.9 Å². The second kappa shape index (κ2) is 16.0. The summed E-state index contributed by atoms with van der Waals surface area (Å²) in [6.45, 7) is 12.5. The Morgan fingerprint density at radius 3 is 2.65 bits per heavy atom. The Hall–Kier alpha value is -2.66. The number of fused-ring (bicyclic) bond motifs is 3. The predicted molar refractivity (Wildman–Crippen MR) is 207 cm³/mol. The predicted octanol–water partition coefficient (Wildman–Crippen LogP) is 7.08. The van der Waals surface area contributed by atoms with Crippen molar-refractivity contribution in [2.24, 2.45) is 23.7 Å². The molecule has 2 bridgehead atoms. The molecule has 11 heteroatoms. The Morgan fingerprint density at radius 2 is 1.87 bits per heavy atom. The summed E-state index contributed by atoms with van der Waals surface area (Å²) < 4.78 is 50.4. The maximum atomic E-state index is 14.5. The molecule has 2 aromatic carbocycles. The fourth-order valence-corrected chi connectivity index (χ4v) is 10.8. The first-order valence-electron chi connectivity index (χ1n) is 19.6. The van der Waals surface area contributed by atoms with E-state index in [2.05, 4.69) is 50.6 Å². The summed E-state index contributed by atoms with van der Waals surface area (Å²) in [5.74, 6) is 1.19. The second-order valence-electron chi connectivity index (χ2n) is 16.2. The molecule has 284 valence electrons. The number of sulfonamides is 1. The standard InChI is InChI=1S/C41H56ClFN4O4S/c1-4-6-29-19-34(42)11-13-37(29)33-24-47-23-32-9-12-38(32)31(22-45-17-18-46-16-15-35(43)21-36(46)25-45)8-5-7-27(2)28(3)52(49,50)44-41(48)30-10-14-40(51-26-33)39(47)20-30/h5,8,10-11,13-14,19-20,27-28,31-33,35-36,38H,4,6-7,9,12,15-18,21-26H2,1-3H3,(H,44,48)/b8-5+/t27-,28+,31?,32-,33-,35-,36+,38-/m0/s1. The first-order valence-corrected chi connectivity index (χ1v) is 21.5. The summed E-state index contributed by atoms with van der Waals surface area (Å²) in [5.41, 5.74) is 3.61. The van der Waals surface area contributed by atoms with Crippen LogP contribution in [0, 0.1) is 23.7 Å². The molecular formula is C41H56ClFN4O4S. The number of carbonyl (C=O) groups is 1. The molecule has 4 aliphatic heterocycles. The number of ether oxygens (including phenoxy) is 1. The maximum absolute atomic E-state index is 14.5. The van der Waals surface area contributed by atoms with Gasteiger partial charge in [0.25, 0.3) is 5.91 Å². The van der Waals surface area contributed by atoms with E-state index in [9.17, 15) is 17.6 Å². The third kappa shape index (κ3) is 8.20. The smallest absolute Gasteiger partial charge is 0.264 e. The van der Waals surface area contributed by atoms with Gasteiger partial charge in [0.2, 0.25) is 10.0 Å². The molecule has 0 spiro atoms. The minimum absolute atomic E-state index is 0.0807. The maximum Gasteiger partial charge on any atom is 0.264 e. The molecule has 3 fully saturated rings. The molecule has 1 saturated carbocycles. The van der Waals surface area contributed by atoms with E-state index < -0.39 is 27.4 Å². The second-order valence-corrected chi connectivity index (χ2v) is 18.7. The molecule has 1 N–H and O–H groups in total. The van der Waals surface area contributed by atoms with Crippen LogP contribution >= 0.6 is 11.6 Å². The van der Waals surface area contributed by atoms with Gasteiger partial charge in [-0.15, -0.1) is 0 Å². The van der Waals surface area contributed by atoms with Crippen molar-refractivity contribution in [3.05, 3.63) is 70.3 Å². The van der Waals surface area contributed by atoms with Crippen molar-refractivity contribution in [3.63, 3.8) is 0 Å². The highest BCUT2D eigenvalue weighted by Gasteiger charge is 2.41. The van der Waals surface area contributed by atoms with Crippen LogP contribution < -0.4 is 14.4 Å². The Kier molecular flexibility index (Phi) is 11.6. The molecule has 0 aromatic heterocycles.